The first-order valence-electron chi connectivity index (χ1n) is 16.3. The summed E-state index contributed by atoms with van der Waals surface area (Å²) < 4.78 is 14.0. The average Bonchev–Trinajstić information content (AvgIpc) is 3.49. The molecule has 1 fully saturated rings. The number of aliphatic carboxylic acids is 1. The number of esters is 1. The lowest BCUT2D eigenvalue weighted by molar-refractivity contribution is -0.132. The van der Waals surface area contributed by atoms with Crippen LogP contribution in [0, 0.1) is 0 Å². The second-order valence-corrected chi connectivity index (χ2v) is 13.5. The molecule has 1 aliphatic rings. The van der Waals surface area contributed by atoms with Crippen LogP contribution in [0.3, 0.4) is 0 Å². The van der Waals surface area contributed by atoms with E-state index in [0.29, 0.717) is 34.0 Å². The van der Waals surface area contributed by atoms with E-state index in [9.17, 15) is 14.7 Å². The van der Waals surface area contributed by atoms with E-state index in [1.54, 1.807) is 13.0 Å². The van der Waals surface area contributed by atoms with Gasteiger partial charge in [0.05, 0.1) is 23.0 Å². The quantitative estimate of drug-likeness (QED) is 0.135. The van der Waals surface area contributed by atoms with Crippen molar-refractivity contribution in [2.24, 2.45) is 0 Å². The van der Waals surface area contributed by atoms with Crippen LogP contribution in [0.5, 0.6) is 5.75 Å². The van der Waals surface area contributed by atoms with E-state index in [1.807, 2.05) is 94.4 Å². The van der Waals surface area contributed by atoms with Crippen molar-refractivity contribution < 1.29 is 24.2 Å². The third-order valence-electron chi connectivity index (χ3n) is 8.53. The largest absolute Gasteiger partial charge is 0.489 e. The lowest BCUT2D eigenvalue weighted by atomic mass is 9.95. The molecule has 47 heavy (non-hydrogen) atoms. The molecule has 0 radical (unpaired) electrons. The average molecular weight is 655 g/mol. The van der Waals surface area contributed by atoms with E-state index in [-0.39, 0.29) is 18.6 Å². The van der Waals surface area contributed by atoms with Crippen molar-refractivity contribution in [3.05, 3.63) is 100 Å². The molecular weight excluding hydrogens is 612 g/mol. The summed E-state index contributed by atoms with van der Waals surface area (Å²) in [5.41, 5.74) is 6.33. The van der Waals surface area contributed by atoms with E-state index in [1.165, 1.54) is 6.42 Å². The van der Waals surface area contributed by atoms with Gasteiger partial charge in [0.15, 0.2) is 0 Å². The highest BCUT2D eigenvalue weighted by atomic mass is 35.5. The van der Waals surface area contributed by atoms with Crippen molar-refractivity contribution in [3.8, 4) is 28.1 Å². The van der Waals surface area contributed by atoms with Gasteiger partial charge in [-0.1, -0.05) is 56.0 Å². The number of rotatable bonds is 10. The van der Waals surface area contributed by atoms with Crippen LogP contribution in [0.2, 0.25) is 5.02 Å². The molecule has 0 saturated heterocycles. The first-order chi connectivity index (χ1) is 22.4. The van der Waals surface area contributed by atoms with Gasteiger partial charge >= 0.3 is 11.9 Å². The van der Waals surface area contributed by atoms with Crippen LogP contribution in [0.4, 0.5) is 0 Å². The van der Waals surface area contributed by atoms with Gasteiger partial charge in [-0.05, 0) is 124 Å². The predicted octanol–water partition coefficient (Wildman–Crippen LogP) is 10.2. The Hall–Kier alpha value is -4.36. The fourth-order valence-corrected chi connectivity index (χ4v) is 6.23. The van der Waals surface area contributed by atoms with E-state index in [0.717, 1.165) is 59.2 Å². The zero-order chi connectivity index (χ0) is 33.7. The highest BCUT2D eigenvalue weighted by Crippen LogP contribution is 2.36. The summed E-state index contributed by atoms with van der Waals surface area (Å²) in [4.78, 5) is 24.7. The standard InChI is InChI=1S/C39H43ClN2O5/c1-6-33(25(2)37(43)44)35-23-36(42(41-35)31-10-8-7-9-11-31)27-14-19-32(20-15-27)46-24-29-22-28(38(45)47-39(3,4)5)16-21-34(29)26-12-17-30(40)18-13-26/h12-23,31H,6-11,24H2,1-5H3,(H,43,44). The molecule has 1 N–H and O–H groups in total. The predicted molar refractivity (Wildman–Crippen MR) is 187 cm³/mol. The van der Waals surface area contributed by atoms with Crippen molar-refractivity contribution in [1.29, 1.82) is 0 Å². The first kappa shape index (κ1) is 34.0. The molecule has 1 saturated carbocycles. The smallest absolute Gasteiger partial charge is 0.338 e. The maximum atomic E-state index is 12.9. The van der Waals surface area contributed by atoms with Gasteiger partial charge in [0.25, 0.3) is 0 Å². The van der Waals surface area contributed by atoms with Crippen LogP contribution in [-0.2, 0) is 16.1 Å². The number of carboxylic acids is 1. The Labute approximate surface area is 282 Å². The van der Waals surface area contributed by atoms with Gasteiger partial charge in [0.1, 0.15) is 18.0 Å². The molecule has 246 valence electrons. The van der Waals surface area contributed by atoms with Crippen LogP contribution in [0.15, 0.2) is 78.4 Å². The van der Waals surface area contributed by atoms with Crippen molar-refractivity contribution in [3.63, 3.8) is 0 Å². The molecule has 0 spiro atoms. The second kappa shape index (κ2) is 14.6. The molecule has 7 nitrogen and oxygen atoms in total. The van der Waals surface area contributed by atoms with E-state index in [2.05, 4.69) is 4.68 Å². The lowest BCUT2D eigenvalue weighted by Gasteiger charge is -2.24. The highest BCUT2D eigenvalue weighted by Gasteiger charge is 2.23. The van der Waals surface area contributed by atoms with E-state index >= 15 is 0 Å². The Morgan fingerprint density at radius 3 is 2.21 bits per heavy atom. The molecule has 5 rings (SSSR count). The molecule has 8 heteroatoms. The van der Waals surface area contributed by atoms with Gasteiger partial charge in [-0.25, -0.2) is 9.59 Å². The summed E-state index contributed by atoms with van der Waals surface area (Å²) >= 11 is 6.15. The topological polar surface area (TPSA) is 90.6 Å². The summed E-state index contributed by atoms with van der Waals surface area (Å²) in [6.07, 6.45) is 6.23. The number of aromatic nitrogens is 2. The Morgan fingerprint density at radius 2 is 1.60 bits per heavy atom. The van der Waals surface area contributed by atoms with E-state index in [4.69, 9.17) is 26.2 Å². The molecule has 3 aromatic carbocycles. The summed E-state index contributed by atoms with van der Waals surface area (Å²) in [7, 11) is 0. The molecule has 1 aliphatic carbocycles. The summed E-state index contributed by atoms with van der Waals surface area (Å²) in [6, 6.07) is 23.3. The number of halogens is 1. The van der Waals surface area contributed by atoms with Crippen LogP contribution in [0.1, 0.15) is 101 Å². The number of carboxylic acid groups (broad SMARTS) is 1. The molecule has 1 aromatic heterocycles. The number of carbonyl (C=O) groups is 2. The molecule has 0 atom stereocenters. The Bertz CT molecular complexity index is 1760. The normalized spacial score (nSPS) is 14.4. The maximum absolute atomic E-state index is 12.9. The Balaban J connectivity index is 1.44. The van der Waals surface area contributed by atoms with Crippen LogP contribution < -0.4 is 4.74 Å². The van der Waals surface area contributed by atoms with Gasteiger partial charge in [0.2, 0.25) is 0 Å². The summed E-state index contributed by atoms with van der Waals surface area (Å²) in [6.45, 7) is 9.39. The fraction of sp³-hybridized carbons (Fsp3) is 0.359. The van der Waals surface area contributed by atoms with Gasteiger partial charge in [-0.2, -0.15) is 5.10 Å². The minimum Gasteiger partial charge on any atom is -0.489 e. The van der Waals surface area contributed by atoms with Crippen molar-refractivity contribution in [1.82, 2.24) is 9.78 Å². The summed E-state index contributed by atoms with van der Waals surface area (Å²) in [5.74, 6) is -0.634. The monoisotopic (exact) mass is 654 g/mol. The zero-order valence-corrected chi connectivity index (χ0v) is 28.6. The Morgan fingerprint density at radius 1 is 0.936 bits per heavy atom. The van der Waals surface area contributed by atoms with Crippen molar-refractivity contribution in [2.45, 2.75) is 91.4 Å². The molecule has 0 amide bonds. The van der Waals surface area contributed by atoms with Gasteiger partial charge < -0.3 is 14.6 Å². The molecule has 1 heterocycles. The van der Waals surface area contributed by atoms with Crippen molar-refractivity contribution >= 4 is 29.1 Å². The number of nitrogens with zero attached hydrogens (tertiary/aromatic N) is 2. The Kier molecular flexibility index (Phi) is 10.6. The number of benzene rings is 3. The molecular formula is C39H43ClN2O5. The van der Waals surface area contributed by atoms with Crippen LogP contribution in [0.25, 0.3) is 28.0 Å². The number of allylic oxidation sites excluding steroid dienone is 1. The van der Waals surface area contributed by atoms with Gasteiger partial charge in [-0.15, -0.1) is 0 Å². The minimum absolute atomic E-state index is 0.233. The fourth-order valence-electron chi connectivity index (χ4n) is 6.10. The SMILES string of the molecule is CCC(=C(C)C(=O)O)c1cc(-c2ccc(OCc3cc(C(=O)OC(C)(C)C)ccc3-c3ccc(Cl)cc3)cc2)n(C2CCCCC2)n1. The molecule has 0 bridgehead atoms. The van der Waals surface area contributed by atoms with Gasteiger partial charge in [0, 0.05) is 16.2 Å². The molecule has 0 aliphatic heterocycles. The third kappa shape index (κ3) is 8.33. The molecule has 0 unspecified atom stereocenters. The van der Waals surface area contributed by atoms with Gasteiger partial charge in [-0.3, -0.25) is 4.68 Å². The lowest BCUT2D eigenvalue weighted by Crippen LogP contribution is -2.24. The number of carbonyl (C=O) groups excluding carboxylic acids is 1. The number of hydrogen-bond donors (Lipinski definition) is 1. The zero-order valence-electron chi connectivity index (χ0n) is 27.8. The number of hydrogen-bond acceptors (Lipinski definition) is 5. The van der Waals surface area contributed by atoms with Crippen LogP contribution >= 0.6 is 11.6 Å². The third-order valence-corrected chi connectivity index (χ3v) is 8.78. The number of ether oxygens (including phenoxy) is 2. The minimum atomic E-state index is -0.923. The highest BCUT2D eigenvalue weighted by molar-refractivity contribution is 6.30. The summed E-state index contributed by atoms with van der Waals surface area (Å²) in [5, 5.41) is 15.3. The van der Waals surface area contributed by atoms with Crippen molar-refractivity contribution in [2.75, 3.05) is 0 Å². The first-order valence-corrected chi connectivity index (χ1v) is 16.7. The second-order valence-electron chi connectivity index (χ2n) is 13.1. The van der Waals surface area contributed by atoms with Crippen LogP contribution in [-0.4, -0.2) is 32.4 Å². The maximum Gasteiger partial charge on any atom is 0.338 e. The van der Waals surface area contributed by atoms with E-state index < -0.39 is 11.6 Å². The molecule has 4 aromatic rings.